The molecule has 210 valence electrons. The number of nitrogens with zero attached hydrogens (tertiary/aromatic N) is 3. The van der Waals surface area contributed by atoms with Crippen molar-refractivity contribution in [1.82, 2.24) is 9.80 Å². The summed E-state index contributed by atoms with van der Waals surface area (Å²) in [5.74, 6) is -1.95. The number of rotatable bonds is 8. The minimum atomic E-state index is -1.23. The molecule has 2 saturated heterocycles. The number of unbranched alkanes of at least 4 members (excludes halogenated alkanes) is 3. The summed E-state index contributed by atoms with van der Waals surface area (Å²) in [5.41, 5.74) is 0.657. The van der Waals surface area contributed by atoms with Crippen LogP contribution in [0.1, 0.15) is 50.2 Å². The highest BCUT2D eigenvalue weighted by Crippen LogP contribution is 2.58. The molecule has 1 unspecified atom stereocenters. The van der Waals surface area contributed by atoms with Gasteiger partial charge in [-0.2, -0.15) is 0 Å². The van der Waals surface area contributed by atoms with Gasteiger partial charge in [-0.25, -0.2) is 0 Å². The van der Waals surface area contributed by atoms with Crippen LogP contribution in [0.15, 0.2) is 42.5 Å². The van der Waals surface area contributed by atoms with Crippen LogP contribution < -0.4 is 4.90 Å². The number of hydrogen-bond donors (Lipinski definition) is 1. The molecule has 2 fully saturated rings. The number of aliphatic hydroxyl groups is 1. The molecule has 4 aliphatic heterocycles. The SMILES string of the molecule is CC[C@]12C=CCN(C)C(=O)[C@H]1[C@H]1C(=O)N(CCCCCCO)C3C(=O)N(c4c(C)cccc4C)CC=C[C@@]31O2. The van der Waals surface area contributed by atoms with Crippen molar-refractivity contribution in [1.29, 1.82) is 0 Å². The maximum Gasteiger partial charge on any atom is 0.253 e. The molecular formula is C31H41N3O5. The van der Waals surface area contributed by atoms with Gasteiger partial charge in [-0.05, 0) is 44.2 Å². The van der Waals surface area contributed by atoms with Gasteiger partial charge in [0.2, 0.25) is 11.8 Å². The van der Waals surface area contributed by atoms with Crippen molar-refractivity contribution in [2.24, 2.45) is 11.8 Å². The Morgan fingerprint density at radius 2 is 1.62 bits per heavy atom. The summed E-state index contributed by atoms with van der Waals surface area (Å²) in [5, 5.41) is 9.18. The molecule has 5 rings (SSSR count). The third-order valence-corrected chi connectivity index (χ3v) is 9.16. The minimum absolute atomic E-state index is 0.114. The van der Waals surface area contributed by atoms with E-state index in [9.17, 15) is 19.5 Å². The van der Waals surface area contributed by atoms with Crippen LogP contribution in [0.3, 0.4) is 0 Å². The van der Waals surface area contributed by atoms with Gasteiger partial charge in [-0.3, -0.25) is 14.4 Å². The van der Waals surface area contributed by atoms with Crippen molar-refractivity contribution in [2.75, 3.05) is 38.2 Å². The second-order valence-corrected chi connectivity index (χ2v) is 11.5. The molecule has 4 heterocycles. The lowest BCUT2D eigenvalue weighted by molar-refractivity contribution is -0.149. The molecule has 3 amide bonds. The lowest BCUT2D eigenvalue weighted by atomic mass is 9.73. The van der Waals surface area contributed by atoms with Crippen LogP contribution in [0.25, 0.3) is 0 Å². The Bertz CT molecular complexity index is 1190. The van der Waals surface area contributed by atoms with Crippen LogP contribution in [-0.4, -0.2) is 83.2 Å². The molecule has 39 heavy (non-hydrogen) atoms. The van der Waals surface area contributed by atoms with E-state index in [0.29, 0.717) is 38.9 Å². The highest BCUT2D eigenvalue weighted by Gasteiger charge is 2.75. The number of anilines is 1. The number of benzene rings is 1. The van der Waals surface area contributed by atoms with Gasteiger partial charge in [0, 0.05) is 39.0 Å². The van der Waals surface area contributed by atoms with Gasteiger partial charge in [0.1, 0.15) is 11.6 Å². The van der Waals surface area contributed by atoms with E-state index in [0.717, 1.165) is 29.7 Å². The number of likely N-dealkylation sites (N-methyl/N-ethyl adjacent to an activating group) is 1. The molecule has 1 aromatic carbocycles. The molecule has 4 aliphatic rings. The average molecular weight is 536 g/mol. The molecule has 1 spiro atoms. The Hall–Kier alpha value is -2.97. The molecule has 0 aromatic heterocycles. The maximum atomic E-state index is 14.6. The van der Waals surface area contributed by atoms with Gasteiger partial charge >= 0.3 is 0 Å². The van der Waals surface area contributed by atoms with Gasteiger partial charge < -0.3 is 24.5 Å². The van der Waals surface area contributed by atoms with Crippen molar-refractivity contribution in [3.8, 4) is 0 Å². The topological polar surface area (TPSA) is 90.4 Å². The third-order valence-electron chi connectivity index (χ3n) is 9.16. The molecule has 0 aliphatic carbocycles. The van der Waals surface area contributed by atoms with E-state index < -0.39 is 29.1 Å². The van der Waals surface area contributed by atoms with Crippen molar-refractivity contribution in [3.63, 3.8) is 0 Å². The number of para-hydroxylation sites is 1. The lowest BCUT2D eigenvalue weighted by Gasteiger charge is -2.38. The first-order chi connectivity index (χ1) is 18.7. The fraction of sp³-hybridized carbons (Fsp3) is 0.581. The fourth-order valence-corrected chi connectivity index (χ4v) is 7.30. The average Bonchev–Trinajstić information content (AvgIpc) is 3.21. The number of hydrogen-bond acceptors (Lipinski definition) is 5. The zero-order chi connectivity index (χ0) is 27.9. The largest absolute Gasteiger partial charge is 0.396 e. The zero-order valence-electron chi connectivity index (χ0n) is 23.6. The van der Waals surface area contributed by atoms with Gasteiger partial charge in [-0.15, -0.1) is 0 Å². The van der Waals surface area contributed by atoms with Crippen molar-refractivity contribution in [2.45, 2.75) is 70.1 Å². The summed E-state index contributed by atoms with van der Waals surface area (Å²) < 4.78 is 6.99. The predicted molar refractivity (Wildman–Crippen MR) is 149 cm³/mol. The summed E-state index contributed by atoms with van der Waals surface area (Å²) >= 11 is 0. The number of carbonyl (C=O) groups is 3. The summed E-state index contributed by atoms with van der Waals surface area (Å²) in [7, 11) is 1.76. The summed E-state index contributed by atoms with van der Waals surface area (Å²) in [6.45, 7) is 7.35. The molecule has 0 saturated carbocycles. The van der Waals surface area contributed by atoms with E-state index in [1.165, 1.54) is 0 Å². The number of fused-ring (bicyclic) bond motifs is 2. The van der Waals surface area contributed by atoms with Gasteiger partial charge in [-0.1, -0.05) is 62.3 Å². The molecule has 1 N–H and O–H groups in total. The Kier molecular flexibility index (Phi) is 7.46. The highest BCUT2D eigenvalue weighted by atomic mass is 16.5. The Balaban J connectivity index is 1.62. The summed E-state index contributed by atoms with van der Waals surface area (Å²) in [4.78, 5) is 48.0. The summed E-state index contributed by atoms with van der Waals surface area (Å²) in [6.07, 6.45) is 11.4. The second kappa shape index (κ2) is 10.5. The Morgan fingerprint density at radius 3 is 2.31 bits per heavy atom. The number of ether oxygens (including phenoxy) is 1. The van der Waals surface area contributed by atoms with Crippen LogP contribution in [0.4, 0.5) is 5.69 Å². The van der Waals surface area contributed by atoms with Crippen LogP contribution in [0.2, 0.25) is 0 Å². The van der Waals surface area contributed by atoms with E-state index >= 15 is 0 Å². The van der Waals surface area contributed by atoms with E-state index in [-0.39, 0.29) is 24.3 Å². The molecule has 8 nitrogen and oxygen atoms in total. The van der Waals surface area contributed by atoms with Crippen LogP contribution in [0.5, 0.6) is 0 Å². The molecule has 0 radical (unpaired) electrons. The van der Waals surface area contributed by atoms with E-state index in [2.05, 4.69) is 0 Å². The molecular weight excluding hydrogens is 494 g/mol. The molecule has 8 heteroatoms. The maximum absolute atomic E-state index is 14.6. The Morgan fingerprint density at radius 1 is 0.923 bits per heavy atom. The van der Waals surface area contributed by atoms with E-state index in [1.54, 1.807) is 21.7 Å². The first-order valence-electron chi connectivity index (χ1n) is 14.3. The first kappa shape index (κ1) is 27.6. The monoisotopic (exact) mass is 535 g/mol. The fourth-order valence-electron chi connectivity index (χ4n) is 7.30. The van der Waals surface area contributed by atoms with Crippen LogP contribution in [-0.2, 0) is 19.1 Å². The highest BCUT2D eigenvalue weighted by molar-refractivity contribution is 6.06. The lowest BCUT2D eigenvalue weighted by Crippen LogP contribution is -2.56. The molecule has 5 atom stereocenters. The number of amides is 3. The number of carbonyl (C=O) groups excluding carboxylic acids is 3. The Labute approximate surface area is 231 Å². The molecule has 1 aromatic rings. The first-order valence-corrected chi connectivity index (χ1v) is 14.3. The van der Waals surface area contributed by atoms with Crippen molar-refractivity contribution < 1.29 is 24.2 Å². The summed E-state index contributed by atoms with van der Waals surface area (Å²) in [6, 6.07) is 5.11. The zero-order valence-corrected chi connectivity index (χ0v) is 23.6. The number of aryl methyl sites for hydroxylation is 2. The van der Waals surface area contributed by atoms with Gasteiger partial charge in [0.25, 0.3) is 5.91 Å². The third kappa shape index (κ3) is 4.23. The van der Waals surface area contributed by atoms with E-state index in [4.69, 9.17) is 4.74 Å². The molecule has 0 bridgehead atoms. The quantitative estimate of drug-likeness (QED) is 0.408. The second-order valence-electron chi connectivity index (χ2n) is 11.5. The predicted octanol–water partition coefficient (Wildman–Crippen LogP) is 3.15. The van der Waals surface area contributed by atoms with Gasteiger partial charge in [0.05, 0.1) is 17.4 Å². The van der Waals surface area contributed by atoms with E-state index in [1.807, 2.05) is 63.3 Å². The standard InChI is InChI=1S/C31H41N3O5/c1-5-30-15-11-17-32(4)27(36)23(30)24-28(37)34(18-8-6-7-9-20-35)26-29(38)33(19-12-16-31(24,26)39-30)25-21(2)13-10-14-22(25)3/h10-16,23-24,26,35H,5-9,17-20H2,1-4H3/t23-,24+,26?,30+,31+/m1/s1. The van der Waals surface area contributed by atoms with Crippen molar-refractivity contribution >= 4 is 23.4 Å². The van der Waals surface area contributed by atoms with Crippen LogP contribution in [0, 0.1) is 25.7 Å². The minimum Gasteiger partial charge on any atom is -0.396 e. The smallest absolute Gasteiger partial charge is 0.253 e. The number of likely N-dealkylation sites (tertiary alicyclic amines) is 1. The van der Waals surface area contributed by atoms with Crippen LogP contribution >= 0.6 is 0 Å². The normalized spacial score (nSPS) is 31.9. The number of aliphatic hydroxyl groups excluding tert-OH is 1. The van der Waals surface area contributed by atoms with Crippen molar-refractivity contribution in [3.05, 3.63) is 53.6 Å². The van der Waals surface area contributed by atoms with Gasteiger partial charge in [0.15, 0.2) is 0 Å².